The van der Waals surface area contributed by atoms with Gasteiger partial charge in [0.25, 0.3) is 0 Å². The highest BCUT2D eigenvalue weighted by atomic mass is 19.1. The highest BCUT2D eigenvalue weighted by Gasteiger charge is 2.35. The molecule has 3 rings (SSSR count). The number of rotatable bonds is 2. The maximum atomic E-state index is 14.5. The molecule has 1 aliphatic heterocycles. The van der Waals surface area contributed by atoms with Crippen molar-refractivity contribution in [2.45, 2.75) is 51.6 Å². The van der Waals surface area contributed by atoms with Gasteiger partial charge in [0, 0.05) is 31.0 Å². The lowest BCUT2D eigenvalue weighted by atomic mass is 10.1. The average Bonchev–Trinajstić information content (AvgIpc) is 2.53. The Bertz CT molecular complexity index is 754. The van der Waals surface area contributed by atoms with Crippen LogP contribution in [0.3, 0.4) is 0 Å². The van der Waals surface area contributed by atoms with Crippen LogP contribution in [0.5, 0.6) is 5.75 Å². The molecular formula is C19H23FN2O3. The summed E-state index contributed by atoms with van der Waals surface area (Å²) in [7, 11) is 0. The normalized spacial score (nSPS) is 21.2. The number of carbonyl (C=O) groups excluding carboxylic acids is 1. The number of hydrogen-bond donors (Lipinski definition) is 0. The summed E-state index contributed by atoms with van der Waals surface area (Å²) >= 11 is 0. The van der Waals surface area contributed by atoms with Gasteiger partial charge in [-0.15, -0.1) is 0 Å². The minimum Gasteiger partial charge on any atom is -0.488 e. The molecule has 2 atom stereocenters. The number of pyridine rings is 1. The number of piperidine rings is 1. The van der Waals surface area contributed by atoms with Crippen LogP contribution in [-0.2, 0) is 4.74 Å². The number of ether oxygens (including phenoxy) is 2. The second-order valence-electron chi connectivity index (χ2n) is 7.20. The molecule has 0 radical (unpaired) electrons. The van der Waals surface area contributed by atoms with Crippen molar-refractivity contribution in [3.8, 4) is 5.75 Å². The summed E-state index contributed by atoms with van der Waals surface area (Å²) in [5.41, 5.74) is 0.119. The van der Waals surface area contributed by atoms with E-state index in [0.717, 1.165) is 15.8 Å². The number of nitrogens with zero attached hydrogens (tertiary/aromatic N) is 2. The molecule has 1 aliphatic rings. The fourth-order valence-corrected chi connectivity index (χ4v) is 2.87. The number of carbonyl (C=O) groups is 1. The molecule has 2 unspecified atom stereocenters. The third-order valence-corrected chi connectivity index (χ3v) is 4.00. The summed E-state index contributed by atoms with van der Waals surface area (Å²) in [6.45, 7) is 5.56. The Morgan fingerprint density at radius 2 is 2.04 bits per heavy atom. The van der Waals surface area contributed by atoms with Crippen LogP contribution in [0.1, 0.15) is 33.6 Å². The van der Waals surface area contributed by atoms with Crippen molar-refractivity contribution in [1.82, 2.24) is 9.88 Å². The molecular weight excluding hydrogens is 323 g/mol. The lowest BCUT2D eigenvalue weighted by molar-refractivity contribution is -0.0344. The van der Waals surface area contributed by atoms with E-state index in [1.54, 1.807) is 27.0 Å². The fourth-order valence-electron chi connectivity index (χ4n) is 2.87. The zero-order valence-corrected chi connectivity index (χ0v) is 14.7. The predicted octanol–water partition coefficient (Wildman–Crippen LogP) is 4.31. The molecule has 0 N–H and O–H groups in total. The third kappa shape index (κ3) is 4.18. The highest BCUT2D eigenvalue weighted by Crippen LogP contribution is 2.29. The lowest BCUT2D eigenvalue weighted by Crippen LogP contribution is -2.48. The van der Waals surface area contributed by atoms with Gasteiger partial charge >= 0.3 is 6.09 Å². The van der Waals surface area contributed by atoms with Gasteiger partial charge in [0.2, 0.25) is 0 Å². The zero-order valence-electron chi connectivity index (χ0n) is 14.7. The first-order valence-corrected chi connectivity index (χ1v) is 8.47. The number of amides is 1. The Balaban J connectivity index is 1.66. The smallest absolute Gasteiger partial charge is 0.412 e. The van der Waals surface area contributed by atoms with E-state index in [-0.39, 0.29) is 19.1 Å². The number of aromatic nitrogens is 1. The van der Waals surface area contributed by atoms with Crippen LogP contribution in [0.4, 0.5) is 9.18 Å². The molecule has 1 aromatic heterocycles. The minimum absolute atomic E-state index is 0.114. The van der Waals surface area contributed by atoms with Crippen LogP contribution in [0.15, 0.2) is 36.5 Å². The average molecular weight is 346 g/mol. The van der Waals surface area contributed by atoms with Crippen LogP contribution in [0.25, 0.3) is 10.9 Å². The van der Waals surface area contributed by atoms with Gasteiger partial charge < -0.3 is 9.47 Å². The number of alkyl halides is 1. The molecule has 6 heteroatoms. The molecule has 0 saturated carbocycles. The number of benzene rings is 1. The van der Waals surface area contributed by atoms with E-state index in [1.807, 2.05) is 30.3 Å². The zero-order chi connectivity index (χ0) is 18.0. The Morgan fingerprint density at radius 3 is 2.76 bits per heavy atom. The number of likely N-dealkylation sites (tertiary alicyclic amines) is 1. The Kier molecular flexibility index (Phi) is 4.79. The first kappa shape index (κ1) is 17.5. The second-order valence-corrected chi connectivity index (χ2v) is 7.20. The maximum absolute atomic E-state index is 14.5. The van der Waals surface area contributed by atoms with Gasteiger partial charge in [-0.05, 0) is 32.9 Å². The van der Waals surface area contributed by atoms with Gasteiger partial charge in [-0.3, -0.25) is 9.88 Å². The first-order chi connectivity index (χ1) is 11.8. The van der Waals surface area contributed by atoms with Crippen molar-refractivity contribution < 1.29 is 18.7 Å². The molecule has 1 amide bonds. The molecule has 1 saturated heterocycles. The van der Waals surface area contributed by atoms with E-state index in [0.29, 0.717) is 12.2 Å². The van der Waals surface area contributed by atoms with Crippen molar-refractivity contribution in [2.24, 2.45) is 0 Å². The topological polar surface area (TPSA) is 51.7 Å². The quantitative estimate of drug-likeness (QED) is 0.761. The van der Waals surface area contributed by atoms with Crippen molar-refractivity contribution in [3.05, 3.63) is 36.5 Å². The summed E-state index contributed by atoms with van der Waals surface area (Å²) in [5.74, 6) is 0.640. The monoisotopic (exact) mass is 346 g/mol. The predicted molar refractivity (Wildman–Crippen MR) is 93.2 cm³/mol. The lowest BCUT2D eigenvalue weighted by Gasteiger charge is -2.36. The summed E-state index contributed by atoms with van der Waals surface area (Å²) in [5, 5.41) is 0.975. The van der Waals surface area contributed by atoms with Crippen LogP contribution >= 0.6 is 0 Å². The molecule has 0 bridgehead atoms. The number of halogens is 1. The molecule has 2 aromatic rings. The fraction of sp³-hybridized carbons (Fsp3) is 0.474. The molecule has 5 nitrogen and oxygen atoms in total. The van der Waals surface area contributed by atoms with E-state index in [2.05, 4.69) is 4.98 Å². The molecule has 25 heavy (non-hydrogen) atoms. The standard InChI is InChI=1S/C19H23FN2O3/c1-19(2,3)25-18(23)22-11-9-14(12-16(22)20)24-15-8-4-6-13-7-5-10-21-17(13)15/h4-8,10,14,16H,9,11-12H2,1-3H3. The maximum Gasteiger partial charge on any atom is 0.412 e. The van der Waals surface area contributed by atoms with Gasteiger partial charge in [-0.1, -0.05) is 18.2 Å². The summed E-state index contributed by atoms with van der Waals surface area (Å²) in [6.07, 6.45) is 0.0203. The number of hydrogen-bond acceptors (Lipinski definition) is 4. The van der Waals surface area contributed by atoms with Crippen LogP contribution < -0.4 is 4.74 Å². The summed E-state index contributed by atoms with van der Waals surface area (Å²) < 4.78 is 25.7. The van der Waals surface area contributed by atoms with Crippen LogP contribution in [0.2, 0.25) is 0 Å². The van der Waals surface area contributed by atoms with E-state index in [9.17, 15) is 9.18 Å². The van der Waals surface area contributed by atoms with E-state index < -0.39 is 18.0 Å². The van der Waals surface area contributed by atoms with Gasteiger partial charge in [-0.2, -0.15) is 0 Å². The van der Waals surface area contributed by atoms with Crippen molar-refractivity contribution >= 4 is 17.0 Å². The second kappa shape index (κ2) is 6.86. The van der Waals surface area contributed by atoms with Crippen molar-refractivity contribution in [3.63, 3.8) is 0 Å². The number of fused-ring (bicyclic) bond motifs is 1. The van der Waals surface area contributed by atoms with Crippen molar-refractivity contribution in [2.75, 3.05) is 6.54 Å². The van der Waals surface area contributed by atoms with Gasteiger partial charge in [0.1, 0.15) is 23.0 Å². The number of para-hydroxylation sites is 1. The summed E-state index contributed by atoms with van der Waals surface area (Å²) in [4.78, 5) is 17.6. The van der Waals surface area contributed by atoms with E-state index >= 15 is 0 Å². The molecule has 1 fully saturated rings. The minimum atomic E-state index is -1.42. The highest BCUT2D eigenvalue weighted by molar-refractivity contribution is 5.84. The third-order valence-electron chi connectivity index (χ3n) is 4.00. The van der Waals surface area contributed by atoms with E-state index in [1.165, 1.54) is 0 Å². The Morgan fingerprint density at radius 1 is 1.28 bits per heavy atom. The van der Waals surface area contributed by atoms with Gasteiger partial charge in [-0.25, -0.2) is 9.18 Å². The molecule has 2 heterocycles. The van der Waals surface area contributed by atoms with Crippen LogP contribution in [0, 0.1) is 0 Å². The first-order valence-electron chi connectivity index (χ1n) is 8.47. The van der Waals surface area contributed by atoms with Gasteiger partial charge in [0.15, 0.2) is 6.30 Å². The Labute approximate surface area is 146 Å². The summed E-state index contributed by atoms with van der Waals surface area (Å²) in [6, 6.07) is 9.50. The molecule has 134 valence electrons. The largest absolute Gasteiger partial charge is 0.488 e. The SMILES string of the molecule is CC(C)(C)OC(=O)N1CCC(Oc2cccc3cccnc23)CC1F. The van der Waals surface area contributed by atoms with E-state index in [4.69, 9.17) is 9.47 Å². The van der Waals surface area contributed by atoms with Crippen LogP contribution in [-0.4, -0.2) is 40.5 Å². The molecule has 1 aromatic carbocycles. The molecule has 0 aliphatic carbocycles. The Hall–Kier alpha value is -2.37. The molecule has 0 spiro atoms. The van der Waals surface area contributed by atoms with Crippen molar-refractivity contribution in [1.29, 1.82) is 0 Å². The van der Waals surface area contributed by atoms with Gasteiger partial charge in [0.05, 0.1) is 0 Å².